The molecule has 0 aliphatic heterocycles. The molecule has 65 heavy (non-hydrogen) atoms. The molecule has 0 aromatic carbocycles. The maximum absolute atomic E-state index is 12.8. The van der Waals surface area contributed by atoms with Gasteiger partial charge in [0.05, 0.1) is 0 Å². The van der Waals surface area contributed by atoms with Crippen LogP contribution < -0.4 is 0 Å². The molecular weight excluding hydrogens is 805 g/mol. The first-order valence-corrected chi connectivity index (χ1v) is 25.7. The highest BCUT2D eigenvalue weighted by atomic mass is 16.6. The molecule has 0 saturated heterocycles. The monoisotopic (exact) mass is 897 g/mol. The molecule has 0 N–H and O–H groups in total. The zero-order valence-electron chi connectivity index (χ0n) is 41.4. The summed E-state index contributed by atoms with van der Waals surface area (Å²) in [5.41, 5.74) is 0. The third kappa shape index (κ3) is 50.4. The fourth-order valence-corrected chi connectivity index (χ4v) is 6.33. The first-order valence-electron chi connectivity index (χ1n) is 25.7. The normalized spacial score (nSPS) is 13.2. The molecule has 0 atom stereocenters. The van der Waals surface area contributed by atoms with Gasteiger partial charge in [0, 0.05) is 19.3 Å². The molecule has 0 spiro atoms. The average molecular weight is 897 g/mol. The number of hydrogen-bond acceptors (Lipinski definition) is 6. The summed E-state index contributed by atoms with van der Waals surface area (Å²) in [5.74, 6) is -1.06. The lowest BCUT2D eigenvalue weighted by atomic mass is 10.1. The highest BCUT2D eigenvalue weighted by Gasteiger charge is 2.19. The van der Waals surface area contributed by atoms with Crippen LogP contribution in [0.1, 0.15) is 201 Å². The molecule has 0 aliphatic carbocycles. The second-order valence-electron chi connectivity index (χ2n) is 16.3. The van der Waals surface area contributed by atoms with Crippen LogP contribution in [0.2, 0.25) is 0 Å². The Morgan fingerprint density at radius 2 is 0.615 bits per heavy atom. The predicted molar refractivity (Wildman–Crippen MR) is 279 cm³/mol. The molecule has 0 bridgehead atoms. The molecule has 6 heteroatoms. The molecule has 6 nitrogen and oxygen atoms in total. The van der Waals surface area contributed by atoms with E-state index in [1.54, 1.807) is 0 Å². The van der Waals surface area contributed by atoms with Crippen molar-refractivity contribution < 1.29 is 28.6 Å². The molecule has 0 amide bonds. The standard InChI is InChI=1S/C59H92O6/c1-4-7-10-13-16-19-22-25-27-29-31-34-36-39-42-45-48-51-57(60)63-54-56(65-59(62)53-50-47-44-41-38-33-24-21-18-15-12-9-6-3)55-64-58(61)52-49-46-43-40-37-35-32-30-28-26-23-20-17-14-11-8-5-2/h7-8,10-11,16-17,19-21,24-28,31-32,34-35,39-40,42-43,56H,4-6,9,12-15,18,22-23,29-30,33,36-38,41,44-55H2,1-3H3. The molecule has 0 saturated carbocycles. The predicted octanol–water partition coefficient (Wildman–Crippen LogP) is 17.1. The zero-order chi connectivity index (χ0) is 47.2. The lowest BCUT2D eigenvalue weighted by Gasteiger charge is -2.18. The number of rotatable bonds is 44. The Bertz CT molecular complexity index is 1360. The summed E-state index contributed by atoms with van der Waals surface area (Å²) in [6, 6.07) is 0. The second kappa shape index (κ2) is 52.2. The van der Waals surface area contributed by atoms with Gasteiger partial charge in [-0.15, -0.1) is 0 Å². The summed E-state index contributed by atoms with van der Waals surface area (Å²) in [4.78, 5) is 38.0. The average Bonchev–Trinajstić information content (AvgIpc) is 3.30. The molecule has 0 aromatic rings. The van der Waals surface area contributed by atoms with E-state index in [1.807, 2.05) is 0 Å². The van der Waals surface area contributed by atoms with Gasteiger partial charge in [-0.3, -0.25) is 14.4 Å². The molecule has 0 radical (unpaired) electrons. The number of unbranched alkanes of at least 4 members (excludes halogenated alkanes) is 11. The van der Waals surface area contributed by atoms with Crippen LogP contribution >= 0.6 is 0 Å². The third-order valence-corrected chi connectivity index (χ3v) is 10.1. The maximum Gasteiger partial charge on any atom is 0.306 e. The smallest absolute Gasteiger partial charge is 0.306 e. The van der Waals surface area contributed by atoms with Gasteiger partial charge in [0.15, 0.2) is 6.10 Å². The fourth-order valence-electron chi connectivity index (χ4n) is 6.33. The van der Waals surface area contributed by atoms with Crippen LogP contribution in [0.3, 0.4) is 0 Å². The molecular formula is C59H92O6. The summed E-state index contributed by atoms with van der Waals surface area (Å²) >= 11 is 0. The number of ether oxygens (including phenoxy) is 3. The maximum atomic E-state index is 12.8. The van der Waals surface area contributed by atoms with Gasteiger partial charge in [-0.2, -0.15) is 0 Å². The highest BCUT2D eigenvalue weighted by Crippen LogP contribution is 2.12. The van der Waals surface area contributed by atoms with Crippen molar-refractivity contribution in [1.82, 2.24) is 0 Å². The van der Waals surface area contributed by atoms with Crippen molar-refractivity contribution in [2.24, 2.45) is 0 Å². The summed E-state index contributed by atoms with van der Waals surface area (Å²) in [6.07, 6.45) is 73.0. The van der Waals surface area contributed by atoms with Crippen molar-refractivity contribution in [1.29, 1.82) is 0 Å². The first-order chi connectivity index (χ1) is 32.0. The number of esters is 3. The van der Waals surface area contributed by atoms with Crippen molar-refractivity contribution in [2.75, 3.05) is 13.2 Å². The first kappa shape index (κ1) is 60.6. The lowest BCUT2D eigenvalue weighted by molar-refractivity contribution is -0.167. The molecule has 0 fully saturated rings. The lowest BCUT2D eigenvalue weighted by Crippen LogP contribution is -2.30. The Hall–Kier alpha value is -4.45. The SMILES string of the molecule is CCC=CCC=CCC=CCC=CCC=CCCCC(=O)OCC(COC(=O)CCCC=CCC=CCC=CCC=CCC=CCC)OC(=O)CCCCCCCC=CCCCCCC. The minimum Gasteiger partial charge on any atom is -0.462 e. The molecule has 0 aliphatic rings. The fraction of sp³-hybridized carbons (Fsp3) is 0.576. The Labute approximate surface area is 398 Å². The van der Waals surface area contributed by atoms with Gasteiger partial charge in [0.1, 0.15) is 13.2 Å². The minimum atomic E-state index is -0.832. The van der Waals surface area contributed by atoms with Gasteiger partial charge in [0.2, 0.25) is 0 Å². The second-order valence-corrected chi connectivity index (χ2v) is 16.3. The van der Waals surface area contributed by atoms with Gasteiger partial charge in [-0.25, -0.2) is 0 Å². The van der Waals surface area contributed by atoms with Gasteiger partial charge in [-0.05, 0) is 122 Å². The minimum absolute atomic E-state index is 0.133. The van der Waals surface area contributed by atoms with Crippen LogP contribution in [0.5, 0.6) is 0 Å². The third-order valence-electron chi connectivity index (χ3n) is 10.1. The Balaban J connectivity index is 4.60. The quantitative estimate of drug-likeness (QED) is 0.0262. The van der Waals surface area contributed by atoms with Crippen molar-refractivity contribution in [2.45, 2.75) is 207 Å². The summed E-state index contributed by atoms with van der Waals surface area (Å²) < 4.78 is 16.7. The number of carbonyl (C=O) groups is 3. The Kier molecular flexibility index (Phi) is 48.6. The van der Waals surface area contributed by atoms with E-state index in [2.05, 4.69) is 154 Å². The van der Waals surface area contributed by atoms with Crippen LogP contribution in [0.15, 0.2) is 134 Å². The van der Waals surface area contributed by atoms with Crippen molar-refractivity contribution in [3.8, 4) is 0 Å². The molecule has 0 heterocycles. The number of allylic oxidation sites excluding steroid dienone is 22. The Morgan fingerprint density at radius 1 is 0.323 bits per heavy atom. The number of hydrogen-bond donors (Lipinski definition) is 0. The number of carbonyl (C=O) groups excluding carboxylic acids is 3. The summed E-state index contributed by atoms with van der Waals surface area (Å²) in [7, 11) is 0. The van der Waals surface area contributed by atoms with Crippen LogP contribution in [0, 0.1) is 0 Å². The van der Waals surface area contributed by atoms with E-state index >= 15 is 0 Å². The van der Waals surface area contributed by atoms with E-state index in [9.17, 15) is 14.4 Å². The van der Waals surface area contributed by atoms with E-state index < -0.39 is 6.10 Å². The van der Waals surface area contributed by atoms with E-state index in [0.29, 0.717) is 12.8 Å². The summed E-state index contributed by atoms with van der Waals surface area (Å²) in [6.45, 7) is 6.26. The highest BCUT2D eigenvalue weighted by molar-refractivity contribution is 5.71. The van der Waals surface area contributed by atoms with Crippen molar-refractivity contribution in [3.05, 3.63) is 134 Å². The Morgan fingerprint density at radius 3 is 1.00 bits per heavy atom. The molecule has 364 valence electrons. The van der Waals surface area contributed by atoms with Gasteiger partial charge >= 0.3 is 17.9 Å². The van der Waals surface area contributed by atoms with Gasteiger partial charge < -0.3 is 14.2 Å². The zero-order valence-corrected chi connectivity index (χ0v) is 41.4. The van der Waals surface area contributed by atoms with Crippen LogP contribution in [-0.4, -0.2) is 37.2 Å². The van der Waals surface area contributed by atoms with Crippen molar-refractivity contribution in [3.63, 3.8) is 0 Å². The van der Waals surface area contributed by atoms with E-state index in [4.69, 9.17) is 14.2 Å². The van der Waals surface area contributed by atoms with Crippen LogP contribution in [-0.2, 0) is 28.6 Å². The van der Waals surface area contributed by atoms with Gasteiger partial charge in [0.25, 0.3) is 0 Å². The van der Waals surface area contributed by atoms with E-state index in [0.717, 1.165) is 109 Å². The summed E-state index contributed by atoms with van der Waals surface area (Å²) in [5, 5.41) is 0. The molecule has 0 rings (SSSR count). The molecule has 0 unspecified atom stereocenters. The molecule has 0 aromatic heterocycles. The van der Waals surface area contributed by atoms with Gasteiger partial charge in [-0.1, -0.05) is 193 Å². The topological polar surface area (TPSA) is 78.9 Å². The largest absolute Gasteiger partial charge is 0.462 e. The van der Waals surface area contributed by atoms with E-state index in [1.165, 1.54) is 38.5 Å². The van der Waals surface area contributed by atoms with Crippen LogP contribution in [0.4, 0.5) is 0 Å². The van der Waals surface area contributed by atoms with Crippen molar-refractivity contribution >= 4 is 17.9 Å². The van der Waals surface area contributed by atoms with E-state index in [-0.39, 0.29) is 50.4 Å². The van der Waals surface area contributed by atoms with Crippen LogP contribution in [0.25, 0.3) is 0 Å².